The van der Waals surface area contributed by atoms with Gasteiger partial charge in [-0.05, 0) is 54.7 Å². The third kappa shape index (κ3) is 2.10. The number of carbonyl (C=O) groups is 1. The van der Waals surface area contributed by atoms with Crippen LogP contribution in [0.1, 0.15) is 39.7 Å². The molecular formula is C19H18N2O2. The lowest BCUT2D eigenvalue weighted by molar-refractivity contribution is 0.0630. The van der Waals surface area contributed by atoms with Crippen LogP contribution >= 0.6 is 0 Å². The van der Waals surface area contributed by atoms with Crippen LogP contribution in [-0.2, 0) is 6.42 Å². The Hall–Kier alpha value is -2.46. The van der Waals surface area contributed by atoms with E-state index in [-0.39, 0.29) is 5.78 Å². The van der Waals surface area contributed by atoms with Crippen LogP contribution in [0.2, 0.25) is 0 Å². The zero-order valence-corrected chi connectivity index (χ0v) is 12.9. The van der Waals surface area contributed by atoms with E-state index in [4.69, 9.17) is 0 Å². The molecule has 1 aliphatic carbocycles. The summed E-state index contributed by atoms with van der Waals surface area (Å²) in [4.78, 5) is 17.1. The number of aliphatic hydroxyl groups is 1. The number of nitrogens with zero attached hydrogens (tertiary/aromatic N) is 2. The number of fused-ring (bicyclic) bond motifs is 3. The van der Waals surface area contributed by atoms with Crippen molar-refractivity contribution in [3.63, 3.8) is 0 Å². The molecule has 116 valence electrons. The van der Waals surface area contributed by atoms with E-state index in [1.807, 2.05) is 34.9 Å². The number of aryl methyl sites for hydroxylation is 1. The summed E-state index contributed by atoms with van der Waals surface area (Å²) >= 11 is 0. The maximum atomic E-state index is 13.1. The second kappa shape index (κ2) is 5.32. The number of pyridine rings is 2. The lowest BCUT2D eigenvalue weighted by atomic mass is 9.80. The molecule has 0 amide bonds. The molecule has 4 rings (SSSR count). The highest BCUT2D eigenvalue weighted by molar-refractivity contribution is 6.01. The van der Waals surface area contributed by atoms with Crippen molar-refractivity contribution in [2.24, 2.45) is 5.92 Å². The standard InChI is InChI=1S/C19H18N2O2/c1-12-14-7-8-15(18(22)13-5-4-9-20-11-13)19(23)17(14)21-10-3-2-6-16(12)21/h2-6,9-11,15,18,22H,7-8H2,1H3. The van der Waals surface area contributed by atoms with Crippen molar-refractivity contribution in [3.8, 4) is 0 Å². The minimum absolute atomic E-state index is 0.0249. The summed E-state index contributed by atoms with van der Waals surface area (Å²) in [6.07, 6.45) is 5.91. The van der Waals surface area contributed by atoms with Crippen molar-refractivity contribution < 1.29 is 9.90 Å². The van der Waals surface area contributed by atoms with Crippen LogP contribution in [0.15, 0.2) is 48.9 Å². The topological polar surface area (TPSA) is 54.6 Å². The van der Waals surface area contributed by atoms with E-state index < -0.39 is 12.0 Å². The molecule has 0 aliphatic heterocycles. The molecule has 23 heavy (non-hydrogen) atoms. The third-order valence-electron chi connectivity index (χ3n) is 4.91. The summed E-state index contributed by atoms with van der Waals surface area (Å²) in [5.41, 5.74) is 4.80. The molecule has 3 heterocycles. The molecule has 1 N–H and O–H groups in total. The highest BCUT2D eigenvalue weighted by Crippen LogP contribution is 2.37. The highest BCUT2D eigenvalue weighted by Gasteiger charge is 2.36. The zero-order chi connectivity index (χ0) is 16.0. The molecular weight excluding hydrogens is 288 g/mol. The Labute approximate surface area is 134 Å². The molecule has 0 radical (unpaired) electrons. The molecule has 1 aliphatic rings. The van der Waals surface area contributed by atoms with Crippen molar-refractivity contribution in [3.05, 3.63) is 71.3 Å². The molecule has 2 unspecified atom stereocenters. The lowest BCUT2D eigenvalue weighted by Crippen LogP contribution is -2.29. The summed E-state index contributed by atoms with van der Waals surface area (Å²) in [6.45, 7) is 2.07. The molecule has 0 aromatic carbocycles. The fourth-order valence-corrected chi connectivity index (χ4v) is 3.69. The van der Waals surface area contributed by atoms with Gasteiger partial charge in [0.25, 0.3) is 0 Å². The van der Waals surface area contributed by atoms with Gasteiger partial charge in [0.05, 0.1) is 17.7 Å². The smallest absolute Gasteiger partial charge is 0.185 e. The second-order valence-corrected chi connectivity index (χ2v) is 6.15. The predicted octanol–water partition coefficient (Wildman–Crippen LogP) is 3.12. The van der Waals surface area contributed by atoms with Gasteiger partial charge in [0.2, 0.25) is 0 Å². The monoisotopic (exact) mass is 306 g/mol. The molecule has 3 aromatic heterocycles. The van der Waals surface area contributed by atoms with Crippen molar-refractivity contribution in [2.45, 2.75) is 25.9 Å². The number of hydrogen-bond acceptors (Lipinski definition) is 3. The molecule has 4 nitrogen and oxygen atoms in total. The van der Waals surface area contributed by atoms with Gasteiger partial charge in [-0.3, -0.25) is 9.78 Å². The Balaban J connectivity index is 1.79. The van der Waals surface area contributed by atoms with E-state index in [0.29, 0.717) is 12.0 Å². The van der Waals surface area contributed by atoms with Gasteiger partial charge < -0.3 is 9.51 Å². The van der Waals surface area contributed by atoms with Gasteiger partial charge in [0.1, 0.15) is 0 Å². The number of aromatic nitrogens is 2. The fourth-order valence-electron chi connectivity index (χ4n) is 3.69. The van der Waals surface area contributed by atoms with Crippen LogP contribution in [0.4, 0.5) is 0 Å². The molecule has 0 spiro atoms. The second-order valence-electron chi connectivity index (χ2n) is 6.15. The number of hydrogen-bond donors (Lipinski definition) is 1. The first-order valence-electron chi connectivity index (χ1n) is 7.89. The zero-order valence-electron chi connectivity index (χ0n) is 12.9. The van der Waals surface area contributed by atoms with Crippen LogP contribution in [-0.4, -0.2) is 20.3 Å². The first-order chi connectivity index (χ1) is 11.2. The lowest BCUT2D eigenvalue weighted by Gasteiger charge is -2.26. The Morgan fingerprint density at radius 3 is 2.96 bits per heavy atom. The average molecular weight is 306 g/mol. The fraction of sp³-hybridized carbons (Fsp3) is 0.263. The van der Waals surface area contributed by atoms with E-state index in [1.165, 1.54) is 5.56 Å². The molecule has 0 bridgehead atoms. The molecule has 2 atom stereocenters. The van der Waals surface area contributed by atoms with Gasteiger partial charge in [-0.1, -0.05) is 12.1 Å². The normalized spacial score (nSPS) is 18.9. The first kappa shape index (κ1) is 14.2. The molecule has 4 heteroatoms. The van der Waals surface area contributed by atoms with Gasteiger partial charge in [0, 0.05) is 24.1 Å². The number of aliphatic hydroxyl groups excluding tert-OH is 1. The van der Waals surface area contributed by atoms with Gasteiger partial charge in [-0.2, -0.15) is 0 Å². The number of carbonyl (C=O) groups excluding carboxylic acids is 1. The van der Waals surface area contributed by atoms with E-state index in [0.717, 1.165) is 23.2 Å². The minimum atomic E-state index is -0.807. The van der Waals surface area contributed by atoms with E-state index in [2.05, 4.69) is 11.9 Å². The van der Waals surface area contributed by atoms with Crippen LogP contribution in [0, 0.1) is 12.8 Å². The van der Waals surface area contributed by atoms with Crippen molar-refractivity contribution in [1.29, 1.82) is 0 Å². The summed E-state index contributed by atoms with van der Waals surface area (Å²) in [5, 5.41) is 10.7. The molecule has 0 fully saturated rings. The van der Waals surface area contributed by atoms with Gasteiger partial charge in [-0.25, -0.2) is 0 Å². The predicted molar refractivity (Wildman–Crippen MR) is 87.5 cm³/mol. The van der Waals surface area contributed by atoms with Crippen LogP contribution in [0.5, 0.6) is 0 Å². The summed E-state index contributed by atoms with van der Waals surface area (Å²) < 4.78 is 1.97. The maximum absolute atomic E-state index is 13.1. The maximum Gasteiger partial charge on any atom is 0.185 e. The number of rotatable bonds is 2. The first-order valence-corrected chi connectivity index (χ1v) is 7.89. The molecule has 3 aromatic rings. The van der Waals surface area contributed by atoms with Gasteiger partial charge >= 0.3 is 0 Å². The molecule has 0 saturated carbocycles. The number of Topliss-reactive ketones (excluding diaryl/α,β-unsaturated/α-hetero) is 1. The van der Waals surface area contributed by atoms with Crippen molar-refractivity contribution >= 4 is 11.3 Å². The van der Waals surface area contributed by atoms with E-state index in [9.17, 15) is 9.90 Å². The van der Waals surface area contributed by atoms with E-state index >= 15 is 0 Å². The Morgan fingerprint density at radius 2 is 2.17 bits per heavy atom. The van der Waals surface area contributed by atoms with Gasteiger partial charge in [0.15, 0.2) is 5.78 Å². The van der Waals surface area contributed by atoms with Crippen LogP contribution in [0.3, 0.4) is 0 Å². The summed E-state index contributed by atoms with van der Waals surface area (Å²) in [6, 6.07) is 9.56. The SMILES string of the molecule is Cc1c2c(n3ccccc13)C(=O)C(C(O)c1cccnc1)CC2. The van der Waals surface area contributed by atoms with E-state index in [1.54, 1.807) is 18.5 Å². The number of ketones is 1. The van der Waals surface area contributed by atoms with Crippen molar-refractivity contribution in [1.82, 2.24) is 9.38 Å². The summed E-state index contributed by atoms with van der Waals surface area (Å²) in [7, 11) is 0. The average Bonchev–Trinajstić information content (AvgIpc) is 2.89. The Bertz CT molecular complexity index is 883. The third-order valence-corrected chi connectivity index (χ3v) is 4.91. The van der Waals surface area contributed by atoms with Crippen LogP contribution < -0.4 is 0 Å². The highest BCUT2D eigenvalue weighted by atomic mass is 16.3. The van der Waals surface area contributed by atoms with Crippen LogP contribution in [0.25, 0.3) is 5.52 Å². The largest absolute Gasteiger partial charge is 0.388 e. The Kier molecular flexibility index (Phi) is 3.27. The Morgan fingerprint density at radius 1 is 1.30 bits per heavy atom. The van der Waals surface area contributed by atoms with Crippen molar-refractivity contribution in [2.75, 3.05) is 0 Å². The quantitative estimate of drug-likeness (QED) is 0.791. The summed E-state index contributed by atoms with van der Waals surface area (Å²) in [5.74, 6) is -0.388. The van der Waals surface area contributed by atoms with Gasteiger partial charge in [-0.15, -0.1) is 0 Å². The molecule has 0 saturated heterocycles. The minimum Gasteiger partial charge on any atom is -0.388 e.